The van der Waals surface area contributed by atoms with Gasteiger partial charge in [-0.05, 0) is 49.7 Å². The van der Waals surface area contributed by atoms with Crippen LogP contribution in [0.2, 0.25) is 0 Å². The zero-order chi connectivity index (χ0) is 21.4. The van der Waals surface area contributed by atoms with Gasteiger partial charge < -0.3 is 9.64 Å². The standard InChI is InChI=1S/C23H22N2O5/c1-14-3-8-19(15(2)11-14)24-13-16(12-22(24)28)23(29)30-18-6-4-17(5-7-18)25-20(26)9-10-21(25)27/h3-8,11,16H,9-10,12-13H2,1-2H3/t16-/m1/s1. The average Bonchev–Trinajstić information content (AvgIpc) is 3.25. The molecule has 0 aromatic heterocycles. The van der Waals surface area contributed by atoms with Crippen LogP contribution < -0.4 is 14.5 Å². The summed E-state index contributed by atoms with van der Waals surface area (Å²) in [5.74, 6) is -1.30. The maximum atomic E-state index is 12.6. The summed E-state index contributed by atoms with van der Waals surface area (Å²) in [5, 5.41) is 0. The summed E-state index contributed by atoms with van der Waals surface area (Å²) in [4.78, 5) is 51.5. The minimum absolute atomic E-state index is 0.0982. The maximum Gasteiger partial charge on any atom is 0.316 e. The molecule has 0 spiro atoms. The fraction of sp³-hybridized carbons (Fsp3) is 0.304. The third-order valence-electron chi connectivity index (χ3n) is 5.47. The molecule has 0 radical (unpaired) electrons. The predicted octanol–water partition coefficient (Wildman–Crippen LogP) is 2.92. The quantitative estimate of drug-likeness (QED) is 0.443. The normalized spacial score (nSPS) is 19.0. The van der Waals surface area contributed by atoms with Gasteiger partial charge in [0.25, 0.3) is 0 Å². The highest BCUT2D eigenvalue weighted by atomic mass is 16.5. The Hall–Kier alpha value is -3.48. The molecule has 4 rings (SSSR count). The molecule has 0 bridgehead atoms. The number of nitrogens with zero attached hydrogens (tertiary/aromatic N) is 2. The Morgan fingerprint density at radius 3 is 2.23 bits per heavy atom. The number of imide groups is 1. The molecule has 2 aromatic rings. The van der Waals surface area contributed by atoms with E-state index in [-0.39, 0.29) is 43.5 Å². The first-order valence-electron chi connectivity index (χ1n) is 9.88. The van der Waals surface area contributed by atoms with E-state index in [0.717, 1.165) is 21.7 Å². The van der Waals surface area contributed by atoms with E-state index in [1.165, 1.54) is 0 Å². The lowest BCUT2D eigenvalue weighted by Gasteiger charge is -2.19. The number of carbonyl (C=O) groups is 4. The zero-order valence-electron chi connectivity index (χ0n) is 16.9. The number of rotatable bonds is 4. The van der Waals surface area contributed by atoms with Gasteiger partial charge in [0.2, 0.25) is 17.7 Å². The van der Waals surface area contributed by atoms with Crippen molar-refractivity contribution in [1.82, 2.24) is 0 Å². The van der Waals surface area contributed by atoms with E-state index in [2.05, 4.69) is 0 Å². The van der Waals surface area contributed by atoms with Gasteiger partial charge in [-0.1, -0.05) is 17.7 Å². The number of carbonyl (C=O) groups excluding carboxylic acids is 4. The van der Waals surface area contributed by atoms with Crippen LogP contribution in [0.1, 0.15) is 30.4 Å². The van der Waals surface area contributed by atoms with Crippen molar-refractivity contribution >= 4 is 35.1 Å². The number of hydrogen-bond acceptors (Lipinski definition) is 5. The Morgan fingerprint density at radius 1 is 0.933 bits per heavy atom. The van der Waals surface area contributed by atoms with Crippen molar-refractivity contribution in [1.29, 1.82) is 0 Å². The number of hydrogen-bond donors (Lipinski definition) is 0. The Morgan fingerprint density at radius 2 is 1.60 bits per heavy atom. The van der Waals surface area contributed by atoms with Crippen molar-refractivity contribution in [2.45, 2.75) is 33.1 Å². The second kappa shape index (κ2) is 7.74. The highest BCUT2D eigenvalue weighted by molar-refractivity contribution is 6.19. The lowest BCUT2D eigenvalue weighted by molar-refractivity contribution is -0.139. The number of amides is 3. The molecule has 2 fully saturated rings. The van der Waals surface area contributed by atoms with Gasteiger partial charge >= 0.3 is 5.97 Å². The lowest BCUT2D eigenvalue weighted by atomic mass is 10.1. The van der Waals surface area contributed by atoms with Crippen LogP contribution in [-0.4, -0.2) is 30.2 Å². The van der Waals surface area contributed by atoms with Gasteiger partial charge in [0.05, 0.1) is 11.6 Å². The van der Waals surface area contributed by atoms with Crippen molar-refractivity contribution in [2.75, 3.05) is 16.3 Å². The van der Waals surface area contributed by atoms with Crippen LogP contribution in [0.3, 0.4) is 0 Å². The minimum atomic E-state index is -0.556. The molecule has 2 aliphatic rings. The molecule has 0 N–H and O–H groups in total. The number of anilines is 2. The third kappa shape index (κ3) is 3.70. The molecule has 7 nitrogen and oxygen atoms in total. The van der Waals surface area contributed by atoms with Gasteiger partial charge in [-0.2, -0.15) is 0 Å². The summed E-state index contributed by atoms with van der Waals surface area (Å²) in [6.45, 7) is 4.21. The first-order chi connectivity index (χ1) is 14.3. The SMILES string of the molecule is Cc1ccc(N2C[C@H](C(=O)Oc3ccc(N4C(=O)CCC4=O)cc3)CC2=O)c(C)c1. The first-order valence-corrected chi connectivity index (χ1v) is 9.88. The topological polar surface area (TPSA) is 84.0 Å². The maximum absolute atomic E-state index is 12.6. The fourth-order valence-corrected chi connectivity index (χ4v) is 3.93. The highest BCUT2D eigenvalue weighted by Gasteiger charge is 2.37. The van der Waals surface area contributed by atoms with E-state index in [4.69, 9.17) is 4.74 Å². The molecule has 30 heavy (non-hydrogen) atoms. The molecule has 154 valence electrons. The lowest BCUT2D eigenvalue weighted by Crippen LogP contribution is -2.28. The van der Waals surface area contributed by atoms with Crippen LogP contribution in [0.15, 0.2) is 42.5 Å². The number of aryl methyl sites for hydroxylation is 2. The fourth-order valence-electron chi connectivity index (χ4n) is 3.93. The smallest absolute Gasteiger partial charge is 0.316 e. The van der Waals surface area contributed by atoms with E-state index in [1.54, 1.807) is 29.2 Å². The Labute approximate surface area is 174 Å². The van der Waals surface area contributed by atoms with E-state index in [0.29, 0.717) is 11.4 Å². The van der Waals surface area contributed by atoms with Crippen LogP contribution >= 0.6 is 0 Å². The second-order valence-corrected chi connectivity index (χ2v) is 7.73. The molecule has 0 saturated carbocycles. The second-order valence-electron chi connectivity index (χ2n) is 7.73. The van der Waals surface area contributed by atoms with E-state index in [9.17, 15) is 19.2 Å². The summed E-state index contributed by atoms with van der Waals surface area (Å²) in [7, 11) is 0. The summed E-state index contributed by atoms with van der Waals surface area (Å²) in [6.07, 6.45) is 0.519. The summed E-state index contributed by atoms with van der Waals surface area (Å²) < 4.78 is 5.45. The van der Waals surface area contributed by atoms with Crippen LogP contribution in [0.5, 0.6) is 5.75 Å². The van der Waals surface area contributed by atoms with E-state index in [1.807, 2.05) is 32.0 Å². The molecule has 0 aliphatic carbocycles. The van der Waals surface area contributed by atoms with Crippen LogP contribution in [-0.2, 0) is 19.2 Å². The number of ether oxygens (including phenoxy) is 1. The highest BCUT2D eigenvalue weighted by Crippen LogP contribution is 2.30. The minimum Gasteiger partial charge on any atom is -0.426 e. The van der Waals surface area contributed by atoms with Gasteiger partial charge in [-0.15, -0.1) is 0 Å². The number of benzene rings is 2. The molecular weight excluding hydrogens is 384 g/mol. The van der Waals surface area contributed by atoms with Crippen LogP contribution in [0.4, 0.5) is 11.4 Å². The van der Waals surface area contributed by atoms with Gasteiger partial charge in [0.1, 0.15) is 5.75 Å². The van der Waals surface area contributed by atoms with Crippen molar-refractivity contribution < 1.29 is 23.9 Å². The largest absolute Gasteiger partial charge is 0.426 e. The summed E-state index contributed by atoms with van der Waals surface area (Å²) in [6, 6.07) is 12.1. The summed E-state index contributed by atoms with van der Waals surface area (Å²) in [5.41, 5.74) is 3.36. The van der Waals surface area contributed by atoms with Crippen molar-refractivity contribution in [3.8, 4) is 5.75 Å². The van der Waals surface area contributed by atoms with Gasteiger partial charge in [-0.25, -0.2) is 0 Å². The monoisotopic (exact) mass is 406 g/mol. The Kier molecular flexibility index (Phi) is 5.11. The molecule has 3 amide bonds. The van der Waals surface area contributed by atoms with Crippen LogP contribution in [0.25, 0.3) is 0 Å². The van der Waals surface area contributed by atoms with Crippen LogP contribution in [0, 0.1) is 19.8 Å². The van der Waals surface area contributed by atoms with Gasteiger partial charge in [0, 0.05) is 31.5 Å². The predicted molar refractivity (Wildman–Crippen MR) is 110 cm³/mol. The molecule has 2 aliphatic heterocycles. The third-order valence-corrected chi connectivity index (χ3v) is 5.47. The first kappa shape index (κ1) is 19.8. The molecule has 2 heterocycles. The van der Waals surface area contributed by atoms with Crippen molar-refractivity contribution in [2.24, 2.45) is 5.92 Å². The molecule has 7 heteroatoms. The number of esters is 1. The van der Waals surface area contributed by atoms with E-state index >= 15 is 0 Å². The molecule has 2 saturated heterocycles. The molecule has 0 unspecified atom stereocenters. The zero-order valence-corrected chi connectivity index (χ0v) is 16.9. The van der Waals surface area contributed by atoms with Crippen molar-refractivity contribution in [3.05, 3.63) is 53.6 Å². The molecular formula is C23H22N2O5. The van der Waals surface area contributed by atoms with Gasteiger partial charge in [-0.3, -0.25) is 24.1 Å². The Bertz CT molecular complexity index is 1030. The van der Waals surface area contributed by atoms with Crippen molar-refractivity contribution in [3.63, 3.8) is 0 Å². The van der Waals surface area contributed by atoms with E-state index < -0.39 is 11.9 Å². The van der Waals surface area contributed by atoms with Gasteiger partial charge in [0.15, 0.2) is 0 Å². The summed E-state index contributed by atoms with van der Waals surface area (Å²) >= 11 is 0. The molecule has 1 atom stereocenters. The Balaban J connectivity index is 1.42. The average molecular weight is 406 g/mol. The molecule has 2 aromatic carbocycles.